The van der Waals surface area contributed by atoms with Crippen LogP contribution >= 0.6 is 11.8 Å². The molecule has 2 aromatic heterocycles. The summed E-state index contributed by atoms with van der Waals surface area (Å²) in [5.41, 5.74) is 7.74. The number of nitrogens with zero attached hydrogens (tertiary/aromatic N) is 4. The van der Waals surface area contributed by atoms with Gasteiger partial charge in [0.2, 0.25) is 0 Å². The van der Waals surface area contributed by atoms with Crippen molar-refractivity contribution in [2.45, 2.75) is 31.2 Å². The molecule has 0 radical (unpaired) electrons. The van der Waals surface area contributed by atoms with E-state index in [1.54, 1.807) is 13.1 Å². The maximum absolute atomic E-state index is 13.0. The zero-order valence-electron chi connectivity index (χ0n) is 17.0. The minimum absolute atomic E-state index is 0.131. The van der Waals surface area contributed by atoms with Crippen LogP contribution in [0.4, 0.5) is 5.82 Å². The quantitative estimate of drug-likeness (QED) is 0.505. The van der Waals surface area contributed by atoms with Crippen molar-refractivity contribution < 1.29 is 4.79 Å². The number of benzene rings is 1. The first-order valence-electron chi connectivity index (χ1n) is 9.00. The van der Waals surface area contributed by atoms with E-state index >= 15 is 0 Å². The van der Waals surface area contributed by atoms with Gasteiger partial charge in [-0.1, -0.05) is 17.8 Å². The van der Waals surface area contributed by atoms with Crippen LogP contribution < -0.4 is 17.0 Å². The van der Waals surface area contributed by atoms with E-state index in [-0.39, 0.29) is 11.4 Å². The standard InChI is InChI=1S/C20H23N5O3S/c1-11-6-7-14(10-12(11)2)25-9-8-22-19(25)29-13(3)16(26)15-17(21)23(4)20(28)24(5)18(15)27/h6-10,13H,21H2,1-5H3. The highest BCUT2D eigenvalue weighted by molar-refractivity contribution is 8.00. The van der Waals surface area contributed by atoms with Crippen LogP contribution in [-0.4, -0.2) is 29.7 Å². The van der Waals surface area contributed by atoms with Gasteiger partial charge in [-0.25, -0.2) is 9.78 Å². The number of nitrogen functional groups attached to an aromatic ring is 1. The summed E-state index contributed by atoms with van der Waals surface area (Å²) in [4.78, 5) is 41.8. The van der Waals surface area contributed by atoms with Crippen LogP contribution in [0.15, 0.2) is 45.3 Å². The largest absolute Gasteiger partial charge is 0.384 e. The van der Waals surface area contributed by atoms with E-state index in [0.717, 1.165) is 20.4 Å². The fourth-order valence-electron chi connectivity index (χ4n) is 2.96. The van der Waals surface area contributed by atoms with Crippen LogP contribution in [0.1, 0.15) is 28.4 Å². The van der Waals surface area contributed by atoms with E-state index in [1.807, 2.05) is 42.8 Å². The summed E-state index contributed by atoms with van der Waals surface area (Å²) in [6.07, 6.45) is 3.48. The van der Waals surface area contributed by atoms with Crippen LogP contribution in [0.3, 0.4) is 0 Å². The van der Waals surface area contributed by atoms with Crippen molar-refractivity contribution in [2.75, 3.05) is 5.73 Å². The van der Waals surface area contributed by atoms with Crippen molar-refractivity contribution in [3.8, 4) is 5.69 Å². The lowest BCUT2D eigenvalue weighted by Crippen LogP contribution is -2.42. The Labute approximate surface area is 172 Å². The van der Waals surface area contributed by atoms with E-state index < -0.39 is 22.3 Å². The number of carbonyl (C=O) groups is 1. The summed E-state index contributed by atoms with van der Waals surface area (Å²) in [6, 6.07) is 6.07. The summed E-state index contributed by atoms with van der Waals surface area (Å²) < 4.78 is 3.88. The Hall–Kier alpha value is -3.07. The number of aryl methyl sites for hydroxylation is 2. The van der Waals surface area contributed by atoms with E-state index in [4.69, 9.17) is 5.73 Å². The van der Waals surface area contributed by atoms with E-state index in [2.05, 4.69) is 4.98 Å². The van der Waals surface area contributed by atoms with Gasteiger partial charge in [-0.2, -0.15) is 0 Å². The normalized spacial score (nSPS) is 12.2. The fraction of sp³-hybridized carbons (Fsp3) is 0.300. The lowest BCUT2D eigenvalue weighted by molar-refractivity contribution is 0.0992. The number of hydrogen-bond donors (Lipinski definition) is 1. The SMILES string of the molecule is Cc1ccc(-n2ccnc2SC(C)C(=O)c2c(N)n(C)c(=O)n(C)c2=O)cc1C. The molecule has 0 fully saturated rings. The van der Waals surface area contributed by atoms with Gasteiger partial charge < -0.3 is 5.73 Å². The topological polar surface area (TPSA) is 105 Å². The third kappa shape index (κ3) is 3.65. The molecule has 8 nitrogen and oxygen atoms in total. The van der Waals surface area contributed by atoms with Crippen LogP contribution in [0, 0.1) is 13.8 Å². The van der Waals surface area contributed by atoms with E-state index in [9.17, 15) is 14.4 Å². The third-order valence-electron chi connectivity index (χ3n) is 4.98. The molecule has 0 saturated heterocycles. The van der Waals surface area contributed by atoms with Gasteiger partial charge in [0.05, 0.1) is 5.25 Å². The fourth-order valence-corrected chi connectivity index (χ4v) is 3.90. The van der Waals surface area contributed by atoms with Crippen molar-refractivity contribution >= 4 is 23.4 Å². The van der Waals surface area contributed by atoms with Gasteiger partial charge in [-0.15, -0.1) is 0 Å². The van der Waals surface area contributed by atoms with Gasteiger partial charge in [0.1, 0.15) is 11.4 Å². The number of imidazole rings is 1. The highest BCUT2D eigenvalue weighted by Gasteiger charge is 2.26. The maximum atomic E-state index is 13.0. The van der Waals surface area contributed by atoms with Crippen molar-refractivity contribution in [3.05, 3.63) is 68.1 Å². The molecule has 2 heterocycles. The second-order valence-corrected chi connectivity index (χ2v) is 8.25. The number of aromatic nitrogens is 4. The molecule has 0 aliphatic carbocycles. The molecule has 3 rings (SSSR count). The zero-order chi connectivity index (χ0) is 21.5. The second-order valence-electron chi connectivity index (χ2n) is 6.94. The Kier molecular flexibility index (Phi) is 5.52. The molecule has 0 spiro atoms. The molecule has 0 saturated carbocycles. The Balaban J connectivity index is 1.95. The van der Waals surface area contributed by atoms with Gasteiger partial charge in [0.25, 0.3) is 5.56 Å². The Bertz CT molecular complexity index is 1220. The zero-order valence-corrected chi connectivity index (χ0v) is 17.8. The number of ketones is 1. The molecule has 1 unspecified atom stereocenters. The average Bonchev–Trinajstić information content (AvgIpc) is 3.15. The van der Waals surface area contributed by atoms with E-state index in [0.29, 0.717) is 5.16 Å². The molecule has 152 valence electrons. The van der Waals surface area contributed by atoms with Crippen molar-refractivity contribution in [3.63, 3.8) is 0 Å². The van der Waals surface area contributed by atoms with Crippen LogP contribution in [0.25, 0.3) is 5.69 Å². The van der Waals surface area contributed by atoms with Gasteiger partial charge in [0, 0.05) is 32.2 Å². The number of anilines is 1. The van der Waals surface area contributed by atoms with Crippen LogP contribution in [-0.2, 0) is 14.1 Å². The molecule has 0 aliphatic rings. The number of hydrogen-bond acceptors (Lipinski definition) is 6. The number of rotatable bonds is 5. The molecule has 0 bridgehead atoms. The number of carbonyl (C=O) groups excluding carboxylic acids is 1. The molecule has 1 aromatic carbocycles. The monoisotopic (exact) mass is 413 g/mol. The lowest BCUT2D eigenvalue weighted by atomic mass is 10.1. The highest BCUT2D eigenvalue weighted by Crippen LogP contribution is 2.27. The van der Waals surface area contributed by atoms with Crippen molar-refractivity contribution in [1.29, 1.82) is 0 Å². The molecule has 2 N–H and O–H groups in total. The van der Waals surface area contributed by atoms with Gasteiger partial charge in [0.15, 0.2) is 10.9 Å². The molecule has 0 amide bonds. The van der Waals surface area contributed by atoms with Crippen LogP contribution in [0.2, 0.25) is 0 Å². The lowest BCUT2D eigenvalue weighted by Gasteiger charge is -2.15. The predicted molar refractivity (Wildman–Crippen MR) is 114 cm³/mol. The first kappa shape index (κ1) is 20.7. The van der Waals surface area contributed by atoms with Gasteiger partial charge >= 0.3 is 5.69 Å². The molecular weight excluding hydrogens is 390 g/mol. The summed E-state index contributed by atoms with van der Waals surface area (Å²) in [6.45, 7) is 5.77. The predicted octanol–water partition coefficient (Wildman–Crippen LogP) is 1.83. The molecule has 3 aromatic rings. The second kappa shape index (κ2) is 7.75. The Morgan fingerprint density at radius 2 is 1.83 bits per heavy atom. The maximum Gasteiger partial charge on any atom is 0.332 e. The summed E-state index contributed by atoms with van der Waals surface area (Å²) >= 11 is 1.23. The molecule has 0 aliphatic heterocycles. The smallest absolute Gasteiger partial charge is 0.332 e. The molecule has 9 heteroatoms. The average molecular weight is 414 g/mol. The first-order chi connectivity index (χ1) is 13.6. The highest BCUT2D eigenvalue weighted by atomic mass is 32.2. The Morgan fingerprint density at radius 3 is 2.48 bits per heavy atom. The summed E-state index contributed by atoms with van der Waals surface area (Å²) in [5.74, 6) is -0.577. The Morgan fingerprint density at radius 1 is 1.14 bits per heavy atom. The number of thioether (sulfide) groups is 1. The number of nitrogens with two attached hydrogens (primary N) is 1. The molecule has 29 heavy (non-hydrogen) atoms. The molecular formula is C20H23N5O3S. The van der Waals surface area contributed by atoms with Crippen molar-refractivity contribution in [1.82, 2.24) is 18.7 Å². The van der Waals surface area contributed by atoms with Crippen LogP contribution in [0.5, 0.6) is 0 Å². The minimum atomic E-state index is -0.694. The van der Waals surface area contributed by atoms with Gasteiger partial charge in [-0.05, 0) is 44.0 Å². The summed E-state index contributed by atoms with van der Waals surface area (Å²) in [5, 5.41) is -0.00971. The minimum Gasteiger partial charge on any atom is -0.384 e. The van der Waals surface area contributed by atoms with Crippen molar-refractivity contribution in [2.24, 2.45) is 14.1 Å². The van der Waals surface area contributed by atoms with E-state index in [1.165, 1.54) is 31.4 Å². The number of Topliss-reactive ketones (excluding diaryl/α,β-unsaturated/α-hetero) is 1. The van der Waals surface area contributed by atoms with Gasteiger partial charge in [-0.3, -0.25) is 23.3 Å². The molecule has 1 atom stereocenters. The summed E-state index contributed by atoms with van der Waals surface area (Å²) in [7, 11) is 2.75. The first-order valence-corrected chi connectivity index (χ1v) is 9.88. The third-order valence-corrected chi connectivity index (χ3v) is 6.06.